The Bertz CT molecular complexity index is 496. The zero-order valence-corrected chi connectivity index (χ0v) is 11.6. The lowest BCUT2D eigenvalue weighted by atomic mass is 10.1. The molecule has 1 amide bonds. The number of nitrogens with one attached hydrogen (secondary N) is 1. The van der Waals surface area contributed by atoms with Crippen LogP contribution in [0.2, 0.25) is 0 Å². The summed E-state index contributed by atoms with van der Waals surface area (Å²) in [6.45, 7) is -0.0285. The lowest BCUT2D eigenvalue weighted by Gasteiger charge is -2.28. The predicted octanol–water partition coefficient (Wildman–Crippen LogP) is 1.63. The van der Waals surface area contributed by atoms with Gasteiger partial charge in [-0.15, -0.1) is 0 Å². The molecule has 1 aliphatic rings. The maximum atomic E-state index is 13.7. The molecule has 7 heteroatoms. The van der Waals surface area contributed by atoms with Gasteiger partial charge in [0, 0.05) is 18.2 Å². The SMILES string of the molecule is NNc1c(F)cc(C(=O)N(CCO)C2CCCC2)cc1F. The summed E-state index contributed by atoms with van der Waals surface area (Å²) < 4.78 is 27.4. The van der Waals surface area contributed by atoms with Crippen LogP contribution < -0.4 is 11.3 Å². The van der Waals surface area contributed by atoms with E-state index >= 15 is 0 Å². The Morgan fingerprint density at radius 1 is 1.33 bits per heavy atom. The fraction of sp³-hybridized carbons (Fsp3) is 0.500. The number of carbonyl (C=O) groups is 1. The standard InChI is InChI=1S/C14H19F2N3O2/c15-11-7-9(8-12(16)13(11)18-17)14(21)19(5-6-20)10-3-1-2-4-10/h7-8,10,18,20H,1-6,17H2. The molecule has 0 bridgehead atoms. The molecule has 0 radical (unpaired) electrons. The number of nitrogens with zero attached hydrogens (tertiary/aromatic N) is 1. The number of nitrogens with two attached hydrogens (primary N) is 1. The summed E-state index contributed by atoms with van der Waals surface area (Å²) >= 11 is 0. The highest BCUT2D eigenvalue weighted by Gasteiger charge is 2.28. The number of hydrogen-bond donors (Lipinski definition) is 3. The van der Waals surface area contributed by atoms with Crippen LogP contribution in [0.4, 0.5) is 14.5 Å². The third-order valence-electron chi connectivity index (χ3n) is 3.80. The molecule has 0 aliphatic heterocycles. The van der Waals surface area contributed by atoms with Gasteiger partial charge < -0.3 is 15.4 Å². The van der Waals surface area contributed by atoms with Gasteiger partial charge >= 0.3 is 0 Å². The van der Waals surface area contributed by atoms with Crippen molar-refractivity contribution in [1.82, 2.24) is 4.90 Å². The fourth-order valence-corrected chi connectivity index (χ4v) is 2.77. The first-order valence-electron chi connectivity index (χ1n) is 6.96. The van der Waals surface area contributed by atoms with Crippen molar-refractivity contribution in [2.75, 3.05) is 18.6 Å². The van der Waals surface area contributed by atoms with Crippen molar-refractivity contribution in [1.29, 1.82) is 0 Å². The number of rotatable bonds is 5. The van der Waals surface area contributed by atoms with Crippen LogP contribution in [-0.2, 0) is 0 Å². The molecule has 5 nitrogen and oxygen atoms in total. The first kappa shape index (κ1) is 15.7. The van der Waals surface area contributed by atoms with Crippen molar-refractivity contribution in [2.24, 2.45) is 5.84 Å². The van der Waals surface area contributed by atoms with E-state index in [-0.39, 0.29) is 24.8 Å². The fourth-order valence-electron chi connectivity index (χ4n) is 2.77. The summed E-state index contributed by atoms with van der Waals surface area (Å²) in [6, 6.07) is 1.93. The average molecular weight is 299 g/mol. The normalized spacial score (nSPS) is 15.2. The Kier molecular flexibility index (Phi) is 5.08. The molecule has 0 unspecified atom stereocenters. The first-order valence-corrected chi connectivity index (χ1v) is 6.96. The molecule has 0 aromatic heterocycles. The van der Waals surface area contributed by atoms with Crippen LogP contribution in [0.1, 0.15) is 36.0 Å². The minimum Gasteiger partial charge on any atom is -0.395 e. The number of carbonyl (C=O) groups excluding carboxylic acids is 1. The summed E-state index contributed by atoms with van der Waals surface area (Å²) in [5, 5.41) is 9.12. The lowest BCUT2D eigenvalue weighted by molar-refractivity contribution is 0.0637. The van der Waals surface area contributed by atoms with Gasteiger partial charge in [-0.3, -0.25) is 10.6 Å². The molecule has 0 saturated heterocycles. The molecule has 0 heterocycles. The van der Waals surface area contributed by atoms with Crippen LogP contribution in [0.5, 0.6) is 0 Å². The Morgan fingerprint density at radius 3 is 2.38 bits per heavy atom. The molecule has 1 aliphatic carbocycles. The number of nitrogen functional groups attached to an aromatic ring is 1. The molecule has 116 valence electrons. The Labute approximate surface area is 121 Å². The average Bonchev–Trinajstić information content (AvgIpc) is 2.97. The smallest absolute Gasteiger partial charge is 0.254 e. The minimum absolute atomic E-state index is 0.0167. The number of hydrogen-bond acceptors (Lipinski definition) is 4. The van der Waals surface area contributed by atoms with Crippen molar-refractivity contribution in [3.63, 3.8) is 0 Å². The topological polar surface area (TPSA) is 78.6 Å². The number of amides is 1. The zero-order valence-electron chi connectivity index (χ0n) is 11.6. The van der Waals surface area contributed by atoms with E-state index in [9.17, 15) is 13.6 Å². The molecular weight excluding hydrogens is 280 g/mol. The highest BCUT2D eigenvalue weighted by atomic mass is 19.1. The number of hydrazine groups is 1. The van der Waals surface area contributed by atoms with Crippen LogP contribution in [0.15, 0.2) is 12.1 Å². The second-order valence-electron chi connectivity index (χ2n) is 5.12. The molecule has 1 aromatic carbocycles. The van der Waals surface area contributed by atoms with E-state index in [0.717, 1.165) is 37.8 Å². The van der Waals surface area contributed by atoms with Gasteiger partial charge in [0.2, 0.25) is 0 Å². The largest absolute Gasteiger partial charge is 0.395 e. The number of halogens is 2. The van der Waals surface area contributed by atoms with E-state index in [0.29, 0.717) is 0 Å². The number of benzene rings is 1. The summed E-state index contributed by atoms with van der Waals surface area (Å²) in [6.07, 6.45) is 3.72. The van der Waals surface area contributed by atoms with E-state index < -0.39 is 23.2 Å². The van der Waals surface area contributed by atoms with Gasteiger partial charge in [-0.1, -0.05) is 12.8 Å². The Morgan fingerprint density at radius 2 is 1.90 bits per heavy atom. The molecule has 1 saturated carbocycles. The van der Waals surface area contributed by atoms with Crippen molar-refractivity contribution in [3.8, 4) is 0 Å². The van der Waals surface area contributed by atoms with E-state index in [4.69, 9.17) is 10.9 Å². The maximum Gasteiger partial charge on any atom is 0.254 e. The van der Waals surface area contributed by atoms with Crippen LogP contribution in [0.25, 0.3) is 0 Å². The van der Waals surface area contributed by atoms with E-state index in [1.54, 1.807) is 0 Å². The Hall–Kier alpha value is -1.73. The molecule has 1 aromatic rings. The van der Waals surface area contributed by atoms with Crippen molar-refractivity contribution in [2.45, 2.75) is 31.7 Å². The van der Waals surface area contributed by atoms with Crippen molar-refractivity contribution in [3.05, 3.63) is 29.3 Å². The molecule has 2 rings (SSSR count). The second-order valence-corrected chi connectivity index (χ2v) is 5.12. The zero-order chi connectivity index (χ0) is 15.4. The second kappa shape index (κ2) is 6.82. The molecule has 4 N–H and O–H groups in total. The van der Waals surface area contributed by atoms with E-state index in [1.807, 2.05) is 5.43 Å². The van der Waals surface area contributed by atoms with Crippen LogP contribution in [0, 0.1) is 11.6 Å². The minimum atomic E-state index is -0.920. The van der Waals surface area contributed by atoms with Gasteiger partial charge in [0.25, 0.3) is 5.91 Å². The predicted molar refractivity (Wildman–Crippen MR) is 74.5 cm³/mol. The number of anilines is 1. The van der Waals surface area contributed by atoms with E-state index in [2.05, 4.69) is 0 Å². The van der Waals surface area contributed by atoms with Gasteiger partial charge in [0.15, 0.2) is 11.6 Å². The van der Waals surface area contributed by atoms with Gasteiger partial charge in [-0.2, -0.15) is 0 Å². The molecule has 21 heavy (non-hydrogen) atoms. The number of aliphatic hydroxyl groups is 1. The molecular formula is C14H19F2N3O2. The van der Waals surface area contributed by atoms with Gasteiger partial charge in [-0.05, 0) is 25.0 Å². The Balaban J connectivity index is 2.28. The molecule has 0 spiro atoms. The van der Waals surface area contributed by atoms with Crippen LogP contribution in [-0.4, -0.2) is 35.1 Å². The monoisotopic (exact) mass is 299 g/mol. The summed E-state index contributed by atoms with van der Waals surface area (Å²) in [5.74, 6) is 2.71. The van der Waals surface area contributed by atoms with Gasteiger partial charge in [-0.25, -0.2) is 8.78 Å². The molecule has 1 fully saturated rings. The summed E-state index contributed by atoms with van der Waals surface area (Å²) in [4.78, 5) is 14.0. The number of aliphatic hydroxyl groups excluding tert-OH is 1. The van der Waals surface area contributed by atoms with Gasteiger partial charge in [0.05, 0.1) is 6.61 Å². The summed E-state index contributed by atoms with van der Waals surface area (Å²) in [5.41, 5.74) is 1.37. The maximum absolute atomic E-state index is 13.7. The van der Waals surface area contributed by atoms with Crippen LogP contribution >= 0.6 is 0 Å². The lowest BCUT2D eigenvalue weighted by Crippen LogP contribution is -2.40. The van der Waals surface area contributed by atoms with Crippen LogP contribution in [0.3, 0.4) is 0 Å². The molecule has 0 atom stereocenters. The third-order valence-corrected chi connectivity index (χ3v) is 3.80. The third kappa shape index (κ3) is 3.30. The van der Waals surface area contributed by atoms with Crippen molar-refractivity contribution >= 4 is 11.6 Å². The van der Waals surface area contributed by atoms with Gasteiger partial charge in [0.1, 0.15) is 5.69 Å². The van der Waals surface area contributed by atoms with Crippen molar-refractivity contribution < 1.29 is 18.7 Å². The summed E-state index contributed by atoms with van der Waals surface area (Å²) in [7, 11) is 0. The quantitative estimate of drug-likeness (QED) is 0.570. The highest BCUT2D eigenvalue weighted by molar-refractivity contribution is 5.95. The highest BCUT2D eigenvalue weighted by Crippen LogP contribution is 2.26. The van der Waals surface area contributed by atoms with E-state index in [1.165, 1.54) is 4.90 Å². The first-order chi connectivity index (χ1) is 10.1.